The minimum atomic E-state index is 0.635. The molecule has 1 heterocycles. The van der Waals surface area contributed by atoms with E-state index >= 15 is 0 Å². The van der Waals surface area contributed by atoms with Crippen molar-refractivity contribution in [3.8, 4) is 6.07 Å². The van der Waals surface area contributed by atoms with Crippen molar-refractivity contribution in [1.82, 2.24) is 0 Å². The van der Waals surface area contributed by atoms with Crippen LogP contribution in [0.2, 0.25) is 0 Å². The Labute approximate surface area is 76.3 Å². The van der Waals surface area contributed by atoms with Gasteiger partial charge in [0, 0.05) is 5.56 Å². The zero-order chi connectivity index (χ0) is 9.10. The second-order valence-corrected chi connectivity index (χ2v) is 2.73. The monoisotopic (exact) mass is 172 g/mol. The summed E-state index contributed by atoms with van der Waals surface area (Å²) in [7, 11) is 0. The second-order valence-electron chi connectivity index (χ2n) is 2.73. The highest BCUT2D eigenvalue weighted by Gasteiger charge is 2.09. The minimum absolute atomic E-state index is 0.635. The van der Waals surface area contributed by atoms with Crippen LogP contribution in [-0.4, -0.2) is 19.0 Å². The second kappa shape index (κ2) is 3.28. The highest BCUT2D eigenvalue weighted by Crippen LogP contribution is 2.09. The number of rotatable bonds is 1. The first-order chi connectivity index (χ1) is 6.40. The number of hydrogen-bond donors (Lipinski definition) is 0. The number of benzene rings is 1. The molecule has 0 aliphatic carbocycles. The molecule has 1 aliphatic rings. The summed E-state index contributed by atoms with van der Waals surface area (Å²) in [6, 6.07) is 9.35. The highest BCUT2D eigenvalue weighted by molar-refractivity contribution is 5.95. The number of ether oxygens (including phenoxy) is 1. The van der Waals surface area contributed by atoms with Gasteiger partial charge in [-0.15, -0.1) is 0 Å². The van der Waals surface area contributed by atoms with Gasteiger partial charge in [-0.25, -0.2) is 4.99 Å². The van der Waals surface area contributed by atoms with Gasteiger partial charge >= 0.3 is 0 Å². The number of nitriles is 1. The molecule has 0 fully saturated rings. The van der Waals surface area contributed by atoms with E-state index in [0.717, 1.165) is 5.56 Å². The lowest BCUT2D eigenvalue weighted by molar-refractivity contribution is 0.348. The Morgan fingerprint density at radius 2 is 2.38 bits per heavy atom. The van der Waals surface area contributed by atoms with E-state index < -0.39 is 0 Å². The Hall–Kier alpha value is -1.82. The SMILES string of the molecule is N#Cc1cccc(C2=NCCO2)c1. The molecule has 0 radical (unpaired) electrons. The fourth-order valence-corrected chi connectivity index (χ4v) is 1.23. The van der Waals surface area contributed by atoms with Gasteiger partial charge in [0.15, 0.2) is 0 Å². The van der Waals surface area contributed by atoms with Gasteiger partial charge in [0.25, 0.3) is 0 Å². The molecule has 3 heteroatoms. The predicted octanol–water partition coefficient (Wildman–Crippen LogP) is 1.34. The molecule has 0 bridgehead atoms. The van der Waals surface area contributed by atoms with Crippen LogP contribution in [0.4, 0.5) is 0 Å². The van der Waals surface area contributed by atoms with Crippen molar-refractivity contribution >= 4 is 5.90 Å². The van der Waals surface area contributed by atoms with Crippen molar-refractivity contribution in [3.63, 3.8) is 0 Å². The van der Waals surface area contributed by atoms with E-state index in [1.807, 2.05) is 12.1 Å². The van der Waals surface area contributed by atoms with Crippen molar-refractivity contribution in [3.05, 3.63) is 35.4 Å². The molecule has 0 N–H and O–H groups in total. The summed E-state index contributed by atoms with van der Waals surface area (Å²) in [5.74, 6) is 0.650. The van der Waals surface area contributed by atoms with E-state index in [2.05, 4.69) is 11.1 Å². The maximum Gasteiger partial charge on any atom is 0.216 e. The number of aliphatic imine (C=N–C) groups is 1. The molecule has 0 saturated heterocycles. The van der Waals surface area contributed by atoms with Crippen LogP contribution >= 0.6 is 0 Å². The van der Waals surface area contributed by atoms with Gasteiger partial charge in [-0.3, -0.25) is 0 Å². The van der Waals surface area contributed by atoms with Crippen LogP contribution in [0.3, 0.4) is 0 Å². The standard InChI is InChI=1S/C10H8N2O/c11-7-8-2-1-3-9(6-8)10-12-4-5-13-10/h1-3,6H,4-5H2. The van der Waals surface area contributed by atoms with Crippen LogP contribution in [0, 0.1) is 11.3 Å². The van der Waals surface area contributed by atoms with Gasteiger partial charge < -0.3 is 4.74 Å². The Morgan fingerprint density at radius 1 is 1.46 bits per heavy atom. The van der Waals surface area contributed by atoms with Gasteiger partial charge in [-0.1, -0.05) is 6.07 Å². The normalized spacial score (nSPS) is 14.5. The van der Waals surface area contributed by atoms with Gasteiger partial charge in [-0.2, -0.15) is 5.26 Å². The topological polar surface area (TPSA) is 45.4 Å². The molecule has 0 amide bonds. The molecule has 13 heavy (non-hydrogen) atoms. The smallest absolute Gasteiger partial charge is 0.216 e. The van der Waals surface area contributed by atoms with Crippen LogP contribution in [-0.2, 0) is 4.74 Å². The minimum Gasteiger partial charge on any atom is -0.476 e. The summed E-state index contributed by atoms with van der Waals surface area (Å²) in [5, 5.41) is 8.67. The summed E-state index contributed by atoms with van der Waals surface area (Å²) >= 11 is 0. The van der Waals surface area contributed by atoms with E-state index in [4.69, 9.17) is 10.00 Å². The van der Waals surface area contributed by atoms with Crippen molar-refractivity contribution in [2.45, 2.75) is 0 Å². The first kappa shape index (κ1) is 7.81. The largest absolute Gasteiger partial charge is 0.476 e. The van der Waals surface area contributed by atoms with Crippen LogP contribution in [0.5, 0.6) is 0 Å². The summed E-state index contributed by atoms with van der Waals surface area (Å²) in [4.78, 5) is 4.17. The molecule has 1 aliphatic heterocycles. The molecule has 0 saturated carbocycles. The van der Waals surface area contributed by atoms with E-state index in [-0.39, 0.29) is 0 Å². The molecular weight excluding hydrogens is 164 g/mol. The van der Waals surface area contributed by atoms with Crippen LogP contribution in [0.15, 0.2) is 29.3 Å². The van der Waals surface area contributed by atoms with Gasteiger partial charge in [-0.05, 0) is 18.2 Å². The maximum absolute atomic E-state index is 8.67. The van der Waals surface area contributed by atoms with Crippen molar-refractivity contribution in [2.24, 2.45) is 4.99 Å². The molecule has 0 aromatic heterocycles. The lowest BCUT2D eigenvalue weighted by Gasteiger charge is -2.00. The molecular formula is C10H8N2O. The van der Waals surface area contributed by atoms with Crippen LogP contribution in [0.25, 0.3) is 0 Å². The van der Waals surface area contributed by atoms with Gasteiger partial charge in [0.2, 0.25) is 5.90 Å². The van der Waals surface area contributed by atoms with Gasteiger partial charge in [0.05, 0.1) is 18.2 Å². The highest BCUT2D eigenvalue weighted by atomic mass is 16.5. The fraction of sp³-hybridized carbons (Fsp3) is 0.200. The lowest BCUT2D eigenvalue weighted by Crippen LogP contribution is -2.00. The first-order valence-electron chi connectivity index (χ1n) is 4.08. The van der Waals surface area contributed by atoms with Crippen LogP contribution in [0.1, 0.15) is 11.1 Å². The Morgan fingerprint density at radius 3 is 3.08 bits per heavy atom. The van der Waals surface area contributed by atoms with E-state index in [0.29, 0.717) is 24.6 Å². The third kappa shape index (κ3) is 1.52. The third-order valence-corrected chi connectivity index (χ3v) is 1.82. The van der Waals surface area contributed by atoms with E-state index in [9.17, 15) is 0 Å². The first-order valence-corrected chi connectivity index (χ1v) is 4.08. The quantitative estimate of drug-likeness (QED) is 0.641. The molecule has 3 nitrogen and oxygen atoms in total. The summed E-state index contributed by atoms with van der Waals surface area (Å²) in [5.41, 5.74) is 1.52. The number of nitrogens with zero attached hydrogens (tertiary/aromatic N) is 2. The predicted molar refractivity (Wildman–Crippen MR) is 48.5 cm³/mol. The third-order valence-electron chi connectivity index (χ3n) is 1.82. The van der Waals surface area contributed by atoms with Crippen molar-refractivity contribution < 1.29 is 4.74 Å². The molecule has 1 aromatic carbocycles. The zero-order valence-corrected chi connectivity index (χ0v) is 7.03. The van der Waals surface area contributed by atoms with Crippen LogP contribution < -0.4 is 0 Å². The molecule has 0 spiro atoms. The molecule has 64 valence electrons. The maximum atomic E-state index is 8.67. The van der Waals surface area contributed by atoms with Crippen molar-refractivity contribution in [2.75, 3.05) is 13.2 Å². The number of hydrogen-bond acceptors (Lipinski definition) is 3. The lowest BCUT2D eigenvalue weighted by atomic mass is 10.1. The summed E-state index contributed by atoms with van der Waals surface area (Å²) in [6.07, 6.45) is 0. The summed E-state index contributed by atoms with van der Waals surface area (Å²) < 4.78 is 5.28. The molecule has 0 atom stereocenters. The van der Waals surface area contributed by atoms with E-state index in [1.165, 1.54) is 0 Å². The van der Waals surface area contributed by atoms with Crippen molar-refractivity contribution in [1.29, 1.82) is 5.26 Å². The molecule has 2 rings (SSSR count). The fourth-order valence-electron chi connectivity index (χ4n) is 1.23. The van der Waals surface area contributed by atoms with E-state index in [1.54, 1.807) is 12.1 Å². The average Bonchev–Trinajstić information content (AvgIpc) is 2.71. The Bertz CT molecular complexity index is 390. The molecule has 0 unspecified atom stereocenters. The average molecular weight is 172 g/mol. The summed E-state index contributed by atoms with van der Waals surface area (Å²) in [6.45, 7) is 1.36. The zero-order valence-electron chi connectivity index (χ0n) is 7.03. The molecule has 1 aromatic rings. The Balaban J connectivity index is 2.36. The van der Waals surface area contributed by atoms with Gasteiger partial charge in [0.1, 0.15) is 6.61 Å². The Kier molecular flexibility index (Phi) is 1.97.